The number of piperidine rings is 1. The van der Waals surface area contributed by atoms with E-state index in [1.54, 1.807) is 0 Å². The van der Waals surface area contributed by atoms with Crippen LogP contribution in [0, 0.1) is 6.92 Å². The zero-order chi connectivity index (χ0) is 13.9. The van der Waals surface area contributed by atoms with E-state index in [9.17, 15) is 0 Å². The number of benzene rings is 1. The summed E-state index contributed by atoms with van der Waals surface area (Å²) in [6, 6.07) is 10.2. The predicted octanol–water partition coefficient (Wildman–Crippen LogP) is 4.10. The second-order valence-corrected chi connectivity index (χ2v) is 5.56. The highest BCUT2D eigenvalue weighted by atomic mass is 35.5. The zero-order valence-corrected chi connectivity index (χ0v) is 12.4. The maximum absolute atomic E-state index is 6.31. The topological polar surface area (TPSA) is 29.0 Å². The molecule has 0 radical (unpaired) electrons. The Bertz CT molecular complexity index is 592. The molecule has 0 atom stereocenters. The van der Waals surface area contributed by atoms with Gasteiger partial charge in [-0.25, -0.2) is 9.97 Å². The molecule has 1 saturated heterocycles. The molecule has 0 aliphatic carbocycles. The van der Waals surface area contributed by atoms with Gasteiger partial charge in [-0.1, -0.05) is 41.9 Å². The number of anilines is 1. The summed E-state index contributed by atoms with van der Waals surface area (Å²) < 4.78 is 0. The first-order valence-corrected chi connectivity index (χ1v) is 7.48. The highest BCUT2D eigenvalue weighted by Crippen LogP contribution is 2.28. The van der Waals surface area contributed by atoms with Crippen LogP contribution in [-0.4, -0.2) is 23.1 Å². The van der Waals surface area contributed by atoms with Crippen LogP contribution in [0.4, 0.5) is 5.95 Å². The molecule has 0 amide bonds. The molecule has 2 aromatic rings. The normalized spacial score (nSPS) is 15.4. The summed E-state index contributed by atoms with van der Waals surface area (Å²) >= 11 is 6.31. The monoisotopic (exact) mass is 287 g/mol. The van der Waals surface area contributed by atoms with E-state index in [4.69, 9.17) is 16.6 Å². The maximum atomic E-state index is 6.31. The summed E-state index contributed by atoms with van der Waals surface area (Å²) in [7, 11) is 0. The van der Waals surface area contributed by atoms with Crippen molar-refractivity contribution in [2.75, 3.05) is 18.0 Å². The minimum Gasteiger partial charge on any atom is -0.341 e. The van der Waals surface area contributed by atoms with Gasteiger partial charge in [0, 0.05) is 24.2 Å². The molecule has 0 spiro atoms. The van der Waals surface area contributed by atoms with E-state index in [2.05, 4.69) is 22.0 Å². The fourth-order valence-electron chi connectivity index (χ4n) is 2.59. The van der Waals surface area contributed by atoms with Crippen molar-refractivity contribution in [3.05, 3.63) is 41.0 Å². The highest BCUT2D eigenvalue weighted by Gasteiger charge is 2.17. The van der Waals surface area contributed by atoms with Crippen molar-refractivity contribution in [3.63, 3.8) is 0 Å². The molecule has 1 aliphatic rings. The molecule has 0 unspecified atom stereocenters. The quantitative estimate of drug-likeness (QED) is 0.779. The number of hydrogen-bond acceptors (Lipinski definition) is 3. The van der Waals surface area contributed by atoms with E-state index in [0.29, 0.717) is 5.15 Å². The van der Waals surface area contributed by atoms with Gasteiger partial charge in [0.25, 0.3) is 0 Å². The molecule has 104 valence electrons. The second kappa shape index (κ2) is 5.80. The molecule has 0 N–H and O–H groups in total. The number of halogens is 1. The molecule has 1 fully saturated rings. The van der Waals surface area contributed by atoms with Gasteiger partial charge in [0.05, 0.1) is 5.69 Å². The smallest absolute Gasteiger partial charge is 0.227 e. The van der Waals surface area contributed by atoms with Gasteiger partial charge in [0.2, 0.25) is 5.95 Å². The minimum absolute atomic E-state index is 0.555. The Morgan fingerprint density at radius 2 is 1.70 bits per heavy atom. The highest BCUT2D eigenvalue weighted by molar-refractivity contribution is 6.30. The third kappa shape index (κ3) is 2.63. The largest absolute Gasteiger partial charge is 0.341 e. The van der Waals surface area contributed by atoms with Gasteiger partial charge in [-0.05, 0) is 26.2 Å². The molecule has 1 aromatic heterocycles. The van der Waals surface area contributed by atoms with Crippen LogP contribution in [0.2, 0.25) is 5.15 Å². The Morgan fingerprint density at radius 1 is 1.00 bits per heavy atom. The van der Waals surface area contributed by atoms with Crippen molar-refractivity contribution >= 4 is 17.5 Å². The van der Waals surface area contributed by atoms with Crippen molar-refractivity contribution in [2.45, 2.75) is 26.2 Å². The molecule has 0 bridgehead atoms. The SMILES string of the molecule is Cc1c(Cl)nc(N2CCCCC2)nc1-c1ccccc1. The van der Waals surface area contributed by atoms with E-state index in [1.165, 1.54) is 19.3 Å². The predicted molar refractivity (Wildman–Crippen MR) is 83.3 cm³/mol. The van der Waals surface area contributed by atoms with Crippen LogP contribution in [0.3, 0.4) is 0 Å². The fraction of sp³-hybridized carbons (Fsp3) is 0.375. The lowest BCUT2D eigenvalue weighted by Gasteiger charge is -2.27. The lowest BCUT2D eigenvalue weighted by atomic mass is 10.1. The van der Waals surface area contributed by atoms with Crippen LogP contribution >= 0.6 is 11.6 Å². The number of aromatic nitrogens is 2. The van der Waals surface area contributed by atoms with E-state index in [0.717, 1.165) is 35.9 Å². The van der Waals surface area contributed by atoms with Crippen molar-refractivity contribution in [3.8, 4) is 11.3 Å². The Hall–Kier alpha value is -1.61. The van der Waals surface area contributed by atoms with Crippen LogP contribution in [-0.2, 0) is 0 Å². The van der Waals surface area contributed by atoms with E-state index >= 15 is 0 Å². The zero-order valence-electron chi connectivity index (χ0n) is 11.6. The first kappa shape index (κ1) is 13.4. The molecular weight excluding hydrogens is 270 g/mol. The summed E-state index contributed by atoms with van der Waals surface area (Å²) in [5, 5.41) is 0.555. The summed E-state index contributed by atoms with van der Waals surface area (Å²) in [6.45, 7) is 4.02. The summed E-state index contributed by atoms with van der Waals surface area (Å²) in [5.41, 5.74) is 2.97. The Balaban J connectivity index is 2.03. The molecule has 2 heterocycles. The van der Waals surface area contributed by atoms with Crippen LogP contribution in [0.15, 0.2) is 30.3 Å². The van der Waals surface area contributed by atoms with Crippen molar-refractivity contribution in [1.82, 2.24) is 9.97 Å². The van der Waals surface area contributed by atoms with Crippen molar-refractivity contribution in [1.29, 1.82) is 0 Å². The molecule has 3 rings (SSSR count). The molecule has 1 aliphatic heterocycles. The first-order chi connectivity index (χ1) is 9.75. The molecule has 3 nitrogen and oxygen atoms in total. The van der Waals surface area contributed by atoms with E-state index < -0.39 is 0 Å². The van der Waals surface area contributed by atoms with Gasteiger partial charge in [-0.2, -0.15) is 0 Å². The van der Waals surface area contributed by atoms with E-state index in [-0.39, 0.29) is 0 Å². The van der Waals surface area contributed by atoms with Crippen LogP contribution in [0.5, 0.6) is 0 Å². The average Bonchev–Trinajstić information content (AvgIpc) is 2.51. The maximum Gasteiger partial charge on any atom is 0.227 e. The summed E-state index contributed by atoms with van der Waals surface area (Å²) in [4.78, 5) is 11.5. The fourth-order valence-corrected chi connectivity index (χ4v) is 2.76. The lowest BCUT2D eigenvalue weighted by Crippen LogP contribution is -2.31. The third-order valence-electron chi connectivity index (χ3n) is 3.76. The van der Waals surface area contributed by atoms with E-state index in [1.807, 2.05) is 25.1 Å². The van der Waals surface area contributed by atoms with Crippen molar-refractivity contribution in [2.24, 2.45) is 0 Å². The molecule has 0 saturated carbocycles. The minimum atomic E-state index is 0.555. The van der Waals surface area contributed by atoms with Gasteiger partial charge in [0.1, 0.15) is 5.15 Å². The Labute approximate surface area is 124 Å². The molecular formula is C16H18ClN3. The van der Waals surface area contributed by atoms with Crippen LogP contribution in [0.1, 0.15) is 24.8 Å². The van der Waals surface area contributed by atoms with Gasteiger partial charge >= 0.3 is 0 Å². The molecule has 4 heteroatoms. The number of hydrogen-bond donors (Lipinski definition) is 0. The second-order valence-electron chi connectivity index (χ2n) is 5.20. The van der Waals surface area contributed by atoms with Gasteiger partial charge in [0.15, 0.2) is 0 Å². The number of rotatable bonds is 2. The number of nitrogens with zero attached hydrogens (tertiary/aromatic N) is 3. The van der Waals surface area contributed by atoms with Gasteiger partial charge in [-0.15, -0.1) is 0 Å². The van der Waals surface area contributed by atoms with Crippen LogP contribution in [0.25, 0.3) is 11.3 Å². The van der Waals surface area contributed by atoms with Crippen LogP contribution < -0.4 is 4.90 Å². The lowest BCUT2D eigenvalue weighted by molar-refractivity contribution is 0.568. The van der Waals surface area contributed by atoms with Crippen molar-refractivity contribution < 1.29 is 0 Å². The Kier molecular flexibility index (Phi) is 3.88. The first-order valence-electron chi connectivity index (χ1n) is 7.10. The Morgan fingerprint density at radius 3 is 2.40 bits per heavy atom. The average molecular weight is 288 g/mol. The standard InChI is InChI=1S/C16H18ClN3/c1-12-14(13-8-4-2-5-9-13)18-16(19-15(12)17)20-10-6-3-7-11-20/h2,4-5,8-9H,3,6-7,10-11H2,1H3. The molecule has 1 aromatic carbocycles. The summed E-state index contributed by atoms with van der Waals surface area (Å²) in [5.74, 6) is 0.763. The third-order valence-corrected chi connectivity index (χ3v) is 4.13. The van der Waals surface area contributed by atoms with Gasteiger partial charge in [-0.3, -0.25) is 0 Å². The van der Waals surface area contributed by atoms with Gasteiger partial charge < -0.3 is 4.90 Å². The molecule has 20 heavy (non-hydrogen) atoms. The summed E-state index contributed by atoms with van der Waals surface area (Å²) in [6.07, 6.45) is 3.70.